The van der Waals surface area contributed by atoms with Gasteiger partial charge in [-0.3, -0.25) is 19.4 Å². The van der Waals surface area contributed by atoms with Crippen LogP contribution in [0.1, 0.15) is 29.5 Å². The molecule has 158 valence electrons. The highest BCUT2D eigenvalue weighted by Gasteiger charge is 2.32. The van der Waals surface area contributed by atoms with Crippen LogP contribution in [0.5, 0.6) is 0 Å². The van der Waals surface area contributed by atoms with Gasteiger partial charge in [-0.25, -0.2) is 0 Å². The van der Waals surface area contributed by atoms with Crippen LogP contribution in [0.4, 0.5) is 5.69 Å². The number of rotatable bonds is 6. The topological polar surface area (TPSA) is 78.7 Å². The number of hydrogen-bond donors (Lipinski definition) is 2. The van der Waals surface area contributed by atoms with E-state index in [1.807, 2.05) is 35.2 Å². The molecular formula is C24H30N4O2. The largest absolute Gasteiger partial charge is 0.368 e. The van der Waals surface area contributed by atoms with Crippen molar-refractivity contribution in [3.05, 3.63) is 65.2 Å². The zero-order chi connectivity index (χ0) is 20.9. The lowest BCUT2D eigenvalue weighted by Gasteiger charge is -2.39. The van der Waals surface area contributed by atoms with E-state index in [-0.39, 0.29) is 18.4 Å². The lowest BCUT2D eigenvalue weighted by molar-refractivity contribution is -0.127. The van der Waals surface area contributed by atoms with E-state index in [2.05, 4.69) is 28.4 Å². The highest BCUT2D eigenvalue weighted by atomic mass is 16.2. The normalized spacial score (nSPS) is 19.8. The molecule has 2 aromatic carbocycles. The van der Waals surface area contributed by atoms with E-state index in [0.717, 1.165) is 38.0 Å². The van der Waals surface area contributed by atoms with E-state index in [1.165, 1.54) is 23.1 Å². The molecule has 1 unspecified atom stereocenters. The molecule has 3 N–H and O–H groups in total. The van der Waals surface area contributed by atoms with Gasteiger partial charge in [-0.15, -0.1) is 0 Å². The van der Waals surface area contributed by atoms with Gasteiger partial charge >= 0.3 is 0 Å². The Labute approximate surface area is 178 Å². The van der Waals surface area contributed by atoms with Gasteiger partial charge in [-0.1, -0.05) is 42.5 Å². The monoisotopic (exact) mass is 406 g/mol. The van der Waals surface area contributed by atoms with Gasteiger partial charge in [0.15, 0.2) is 0 Å². The molecule has 1 saturated heterocycles. The number of nitrogens with one attached hydrogen (secondary N) is 1. The van der Waals surface area contributed by atoms with Gasteiger partial charge in [0.2, 0.25) is 11.8 Å². The summed E-state index contributed by atoms with van der Waals surface area (Å²) < 4.78 is 0. The fraction of sp³-hybridized carbons (Fsp3) is 0.417. The standard InChI is InChI=1S/C24H30N4O2/c25-24(30)22-16-27(15-18-7-2-1-3-8-18)13-14-28(22)17-23(29)26-21-12-6-10-19-9-4-5-11-20(19)21/h1-3,6-8,10,12,22H,4-5,9,11,13-17H2,(H2,25,30)(H,26,29). The molecule has 0 aromatic heterocycles. The van der Waals surface area contributed by atoms with Crippen LogP contribution in [0.2, 0.25) is 0 Å². The number of piperazine rings is 1. The van der Waals surface area contributed by atoms with Crippen molar-refractivity contribution in [2.75, 3.05) is 31.5 Å². The Morgan fingerprint density at radius 2 is 1.80 bits per heavy atom. The van der Waals surface area contributed by atoms with Crippen molar-refractivity contribution < 1.29 is 9.59 Å². The fourth-order valence-electron chi connectivity index (χ4n) is 4.59. The lowest BCUT2D eigenvalue weighted by atomic mass is 9.90. The Bertz CT molecular complexity index is 899. The van der Waals surface area contributed by atoms with Crippen LogP contribution >= 0.6 is 0 Å². The minimum absolute atomic E-state index is 0.0864. The summed E-state index contributed by atoms with van der Waals surface area (Å²) in [6.45, 7) is 2.93. The fourth-order valence-corrected chi connectivity index (χ4v) is 4.59. The predicted molar refractivity (Wildman–Crippen MR) is 118 cm³/mol. The highest BCUT2D eigenvalue weighted by Crippen LogP contribution is 2.28. The van der Waals surface area contributed by atoms with E-state index >= 15 is 0 Å². The minimum atomic E-state index is -0.460. The number of amides is 2. The molecule has 6 heteroatoms. The summed E-state index contributed by atoms with van der Waals surface area (Å²) in [5.41, 5.74) is 10.4. The first-order valence-electron chi connectivity index (χ1n) is 10.8. The maximum atomic E-state index is 12.8. The van der Waals surface area contributed by atoms with E-state index < -0.39 is 6.04 Å². The predicted octanol–water partition coefficient (Wildman–Crippen LogP) is 2.18. The molecule has 4 rings (SSSR count). The van der Waals surface area contributed by atoms with E-state index in [9.17, 15) is 9.59 Å². The molecule has 6 nitrogen and oxygen atoms in total. The molecule has 0 bridgehead atoms. The number of carbonyl (C=O) groups excluding carboxylic acids is 2. The molecule has 1 heterocycles. The zero-order valence-electron chi connectivity index (χ0n) is 17.3. The zero-order valence-corrected chi connectivity index (χ0v) is 17.3. The van der Waals surface area contributed by atoms with Crippen molar-refractivity contribution in [3.63, 3.8) is 0 Å². The number of hydrogen-bond acceptors (Lipinski definition) is 4. The quantitative estimate of drug-likeness (QED) is 0.771. The molecular weight excluding hydrogens is 376 g/mol. The Morgan fingerprint density at radius 3 is 2.60 bits per heavy atom. The van der Waals surface area contributed by atoms with Crippen molar-refractivity contribution in [3.8, 4) is 0 Å². The van der Waals surface area contributed by atoms with Gasteiger partial charge in [-0.05, 0) is 48.4 Å². The van der Waals surface area contributed by atoms with Crippen LogP contribution in [-0.2, 0) is 29.0 Å². The molecule has 1 aliphatic heterocycles. The van der Waals surface area contributed by atoms with Gasteiger partial charge in [0.1, 0.15) is 6.04 Å². The molecule has 1 fully saturated rings. The summed E-state index contributed by atoms with van der Waals surface area (Å²) >= 11 is 0. The highest BCUT2D eigenvalue weighted by molar-refractivity contribution is 5.93. The third-order valence-corrected chi connectivity index (χ3v) is 6.17. The van der Waals surface area contributed by atoms with Gasteiger partial charge < -0.3 is 11.1 Å². The summed E-state index contributed by atoms with van der Waals surface area (Å²) in [6.07, 6.45) is 4.45. The SMILES string of the molecule is NC(=O)C1CN(Cc2ccccc2)CCN1CC(=O)Nc1cccc2c1CCCC2. The third kappa shape index (κ3) is 4.89. The van der Waals surface area contributed by atoms with E-state index in [4.69, 9.17) is 5.73 Å². The summed E-state index contributed by atoms with van der Waals surface area (Å²) in [7, 11) is 0. The Kier molecular flexibility index (Phi) is 6.45. The number of primary amides is 1. The maximum Gasteiger partial charge on any atom is 0.238 e. The molecule has 0 saturated carbocycles. The molecule has 0 spiro atoms. The van der Waals surface area contributed by atoms with Gasteiger partial charge in [0.25, 0.3) is 0 Å². The van der Waals surface area contributed by atoms with Crippen LogP contribution in [-0.4, -0.2) is 53.8 Å². The Morgan fingerprint density at radius 1 is 1.00 bits per heavy atom. The molecule has 1 atom stereocenters. The second-order valence-electron chi connectivity index (χ2n) is 8.31. The van der Waals surface area contributed by atoms with Crippen molar-refractivity contribution in [2.24, 2.45) is 5.73 Å². The Hall–Kier alpha value is -2.70. The van der Waals surface area contributed by atoms with Crippen LogP contribution in [0, 0.1) is 0 Å². The van der Waals surface area contributed by atoms with Crippen molar-refractivity contribution in [1.29, 1.82) is 0 Å². The third-order valence-electron chi connectivity index (χ3n) is 6.17. The Balaban J connectivity index is 1.38. The lowest BCUT2D eigenvalue weighted by Crippen LogP contribution is -2.59. The van der Waals surface area contributed by atoms with Crippen LogP contribution in [0.15, 0.2) is 48.5 Å². The van der Waals surface area contributed by atoms with Crippen LogP contribution < -0.4 is 11.1 Å². The maximum absolute atomic E-state index is 12.8. The average molecular weight is 407 g/mol. The van der Waals surface area contributed by atoms with Crippen LogP contribution in [0.25, 0.3) is 0 Å². The average Bonchev–Trinajstić information content (AvgIpc) is 2.75. The molecule has 2 aliphatic rings. The van der Waals surface area contributed by atoms with Gasteiger partial charge in [0.05, 0.1) is 6.54 Å². The summed E-state index contributed by atoms with van der Waals surface area (Å²) in [5, 5.41) is 3.08. The smallest absolute Gasteiger partial charge is 0.238 e. The molecule has 2 amide bonds. The molecule has 30 heavy (non-hydrogen) atoms. The second kappa shape index (κ2) is 9.41. The summed E-state index contributed by atoms with van der Waals surface area (Å²) in [5.74, 6) is -0.464. The van der Waals surface area contributed by atoms with Crippen molar-refractivity contribution in [1.82, 2.24) is 9.80 Å². The first-order valence-corrected chi connectivity index (χ1v) is 10.8. The second-order valence-corrected chi connectivity index (χ2v) is 8.31. The molecule has 0 radical (unpaired) electrons. The molecule has 2 aromatic rings. The number of aryl methyl sites for hydroxylation is 1. The summed E-state index contributed by atoms with van der Waals surface area (Å²) in [6, 6.07) is 15.9. The van der Waals surface area contributed by atoms with E-state index in [0.29, 0.717) is 13.1 Å². The first kappa shape index (κ1) is 20.6. The minimum Gasteiger partial charge on any atom is -0.368 e. The number of nitrogens with zero attached hydrogens (tertiary/aromatic N) is 2. The summed E-state index contributed by atoms with van der Waals surface area (Å²) in [4.78, 5) is 29.0. The van der Waals surface area contributed by atoms with E-state index in [1.54, 1.807) is 0 Å². The van der Waals surface area contributed by atoms with Crippen LogP contribution in [0.3, 0.4) is 0 Å². The number of benzene rings is 2. The number of nitrogens with two attached hydrogens (primary N) is 1. The number of anilines is 1. The first-order chi connectivity index (χ1) is 14.6. The number of carbonyl (C=O) groups is 2. The van der Waals surface area contributed by atoms with Gasteiger partial charge in [-0.2, -0.15) is 0 Å². The van der Waals surface area contributed by atoms with Crippen molar-refractivity contribution in [2.45, 2.75) is 38.3 Å². The molecule has 1 aliphatic carbocycles. The van der Waals surface area contributed by atoms with Gasteiger partial charge in [0, 0.05) is 31.9 Å². The number of fused-ring (bicyclic) bond motifs is 1. The van der Waals surface area contributed by atoms with Crippen molar-refractivity contribution >= 4 is 17.5 Å².